The minimum Gasteiger partial charge on any atom is -0.306 e. The smallest absolute Gasteiger partial charge is 0.240 e. The molecule has 3 rings (SSSR count). The van der Waals surface area contributed by atoms with Crippen LogP contribution in [-0.2, 0) is 0 Å². The summed E-state index contributed by atoms with van der Waals surface area (Å²) in [6.45, 7) is 14.4. The number of anilines is 1. The molecule has 3 heterocycles. The van der Waals surface area contributed by atoms with Crippen LogP contribution in [0, 0.1) is 0 Å². The molecule has 2 aliphatic heterocycles. The minimum absolute atomic E-state index is 0.431. The largest absolute Gasteiger partial charge is 0.306 e. The molecule has 1 unspecified atom stereocenters. The van der Waals surface area contributed by atoms with Crippen molar-refractivity contribution in [3.8, 4) is 0 Å². The summed E-state index contributed by atoms with van der Waals surface area (Å²) in [6, 6.07) is 0.994. The summed E-state index contributed by atoms with van der Waals surface area (Å²) >= 11 is 0. The summed E-state index contributed by atoms with van der Waals surface area (Å²) in [4.78, 5) is 14.6. The molecule has 1 atom stereocenters. The first-order valence-electron chi connectivity index (χ1n) is 10.3. The Morgan fingerprint density at radius 1 is 1.12 bits per heavy atom. The van der Waals surface area contributed by atoms with Crippen molar-refractivity contribution < 1.29 is 0 Å². The van der Waals surface area contributed by atoms with Crippen LogP contribution >= 0.6 is 0 Å². The van der Waals surface area contributed by atoms with Crippen LogP contribution in [-0.4, -0.2) is 76.8 Å². The van der Waals surface area contributed by atoms with E-state index in [1.165, 1.54) is 31.5 Å². The summed E-state index contributed by atoms with van der Waals surface area (Å²) in [5.41, 5.74) is 1.30. The van der Waals surface area contributed by atoms with Crippen LogP contribution < -0.4 is 5.01 Å². The molecule has 0 aliphatic carbocycles. The second-order valence-corrected chi connectivity index (χ2v) is 8.13. The van der Waals surface area contributed by atoms with Crippen molar-refractivity contribution in [2.24, 2.45) is 0 Å². The van der Waals surface area contributed by atoms with Crippen LogP contribution in [0.2, 0.25) is 0 Å². The van der Waals surface area contributed by atoms with Gasteiger partial charge in [0, 0.05) is 31.5 Å². The van der Waals surface area contributed by atoms with Gasteiger partial charge in [-0.25, -0.2) is 15.0 Å². The lowest BCUT2D eigenvalue weighted by Crippen LogP contribution is -2.63. The summed E-state index contributed by atoms with van der Waals surface area (Å²) in [6.07, 6.45) is 7.68. The summed E-state index contributed by atoms with van der Waals surface area (Å²) in [5, 5.41) is 4.74. The number of hydrazine groups is 1. The first kappa shape index (κ1) is 19.5. The molecule has 0 bridgehead atoms. The maximum absolute atomic E-state index is 4.80. The van der Waals surface area contributed by atoms with Gasteiger partial charge in [-0.05, 0) is 64.7 Å². The molecule has 1 aromatic rings. The Morgan fingerprint density at radius 2 is 1.77 bits per heavy atom. The molecule has 0 radical (unpaired) electrons. The Labute approximate surface area is 159 Å². The number of hydrogen-bond donors (Lipinski definition) is 0. The van der Waals surface area contributed by atoms with Gasteiger partial charge < -0.3 is 4.90 Å². The standard InChI is InChI=1S/C20H36N6/c1-6-19-14-24(16(3)4)15-25(7-2)26(19)20-21-12-18(13-22-20)17-8-10-23(5)11-9-17/h12-13,16-17,19H,6-11,14-15H2,1-5H3. The monoisotopic (exact) mass is 360 g/mol. The van der Waals surface area contributed by atoms with E-state index in [1.807, 2.05) is 0 Å². The molecular formula is C20H36N6. The normalized spacial score (nSPS) is 24.5. The SMILES string of the molecule is CCC1CN(C(C)C)CN(CC)N1c1ncc(C2CCN(C)CC2)cn1. The van der Waals surface area contributed by atoms with Gasteiger partial charge in [-0.3, -0.25) is 9.91 Å². The van der Waals surface area contributed by atoms with Gasteiger partial charge in [-0.15, -0.1) is 0 Å². The molecule has 2 fully saturated rings. The van der Waals surface area contributed by atoms with E-state index in [9.17, 15) is 0 Å². The van der Waals surface area contributed by atoms with Gasteiger partial charge in [0.2, 0.25) is 5.95 Å². The molecule has 0 spiro atoms. The van der Waals surface area contributed by atoms with Crippen molar-refractivity contribution in [2.45, 2.75) is 65.0 Å². The van der Waals surface area contributed by atoms with Crippen LogP contribution in [0.5, 0.6) is 0 Å². The van der Waals surface area contributed by atoms with Crippen LogP contribution in [0.1, 0.15) is 58.4 Å². The van der Waals surface area contributed by atoms with Crippen LogP contribution in [0.15, 0.2) is 12.4 Å². The highest BCUT2D eigenvalue weighted by Crippen LogP contribution is 2.28. The number of aromatic nitrogens is 2. The quantitative estimate of drug-likeness (QED) is 0.804. The third kappa shape index (κ3) is 4.18. The fourth-order valence-corrected chi connectivity index (χ4v) is 4.14. The van der Waals surface area contributed by atoms with Crippen molar-refractivity contribution in [1.29, 1.82) is 0 Å². The predicted octanol–water partition coefficient (Wildman–Crippen LogP) is 2.79. The first-order valence-corrected chi connectivity index (χ1v) is 10.3. The number of likely N-dealkylation sites (tertiary alicyclic amines) is 1. The van der Waals surface area contributed by atoms with Gasteiger partial charge in [-0.2, -0.15) is 0 Å². The van der Waals surface area contributed by atoms with Gasteiger partial charge in [0.05, 0.1) is 12.7 Å². The van der Waals surface area contributed by atoms with Crippen LogP contribution in [0.4, 0.5) is 5.95 Å². The Balaban J connectivity index is 1.76. The molecule has 2 saturated heterocycles. The van der Waals surface area contributed by atoms with E-state index in [0.29, 0.717) is 18.0 Å². The lowest BCUT2D eigenvalue weighted by atomic mass is 9.92. The van der Waals surface area contributed by atoms with Crippen molar-refractivity contribution in [2.75, 3.05) is 44.9 Å². The molecule has 2 aliphatic rings. The molecule has 1 aromatic heterocycles. The fraction of sp³-hybridized carbons (Fsp3) is 0.800. The Kier molecular flexibility index (Phi) is 6.48. The molecule has 0 amide bonds. The zero-order chi connectivity index (χ0) is 18.7. The van der Waals surface area contributed by atoms with E-state index in [4.69, 9.17) is 9.97 Å². The Morgan fingerprint density at radius 3 is 2.31 bits per heavy atom. The molecular weight excluding hydrogens is 324 g/mol. The van der Waals surface area contributed by atoms with E-state index >= 15 is 0 Å². The van der Waals surface area contributed by atoms with Crippen molar-refractivity contribution in [3.63, 3.8) is 0 Å². The first-order chi connectivity index (χ1) is 12.5. The van der Waals surface area contributed by atoms with Gasteiger partial charge in [-0.1, -0.05) is 13.8 Å². The van der Waals surface area contributed by atoms with Crippen molar-refractivity contribution in [3.05, 3.63) is 18.0 Å². The maximum Gasteiger partial charge on any atom is 0.240 e. The molecule has 0 saturated carbocycles. The molecule has 6 nitrogen and oxygen atoms in total. The van der Waals surface area contributed by atoms with Gasteiger partial charge in [0.25, 0.3) is 0 Å². The number of piperidine rings is 1. The highest BCUT2D eigenvalue weighted by molar-refractivity contribution is 5.32. The van der Waals surface area contributed by atoms with E-state index < -0.39 is 0 Å². The number of nitrogens with zero attached hydrogens (tertiary/aromatic N) is 6. The lowest BCUT2D eigenvalue weighted by molar-refractivity contribution is 0.0340. The van der Waals surface area contributed by atoms with Crippen molar-refractivity contribution >= 4 is 5.95 Å². The topological polar surface area (TPSA) is 38.7 Å². The molecule has 6 heteroatoms. The van der Waals surface area contributed by atoms with E-state index in [2.05, 4.69) is 67.0 Å². The molecule has 26 heavy (non-hydrogen) atoms. The predicted molar refractivity (Wildman–Crippen MR) is 107 cm³/mol. The van der Waals surface area contributed by atoms with E-state index in [1.54, 1.807) is 0 Å². The van der Waals surface area contributed by atoms with Crippen LogP contribution in [0.3, 0.4) is 0 Å². The van der Waals surface area contributed by atoms with E-state index in [0.717, 1.165) is 32.1 Å². The average molecular weight is 361 g/mol. The number of hydrogen-bond acceptors (Lipinski definition) is 6. The Hall–Kier alpha value is -1.24. The highest BCUT2D eigenvalue weighted by Gasteiger charge is 2.34. The summed E-state index contributed by atoms with van der Waals surface area (Å²) in [5.74, 6) is 1.47. The second-order valence-electron chi connectivity index (χ2n) is 8.13. The zero-order valence-electron chi connectivity index (χ0n) is 17.2. The third-order valence-electron chi connectivity index (χ3n) is 6.06. The van der Waals surface area contributed by atoms with Gasteiger partial charge >= 0.3 is 0 Å². The molecule has 146 valence electrons. The average Bonchev–Trinajstić information content (AvgIpc) is 2.67. The lowest BCUT2D eigenvalue weighted by Gasteiger charge is -2.49. The second kappa shape index (κ2) is 8.63. The molecule has 0 N–H and O–H groups in total. The summed E-state index contributed by atoms with van der Waals surface area (Å²) in [7, 11) is 2.21. The summed E-state index contributed by atoms with van der Waals surface area (Å²) < 4.78 is 0. The highest BCUT2D eigenvalue weighted by atomic mass is 15.7. The van der Waals surface area contributed by atoms with Gasteiger partial charge in [0.1, 0.15) is 0 Å². The third-order valence-corrected chi connectivity index (χ3v) is 6.06. The van der Waals surface area contributed by atoms with Gasteiger partial charge in [0.15, 0.2) is 0 Å². The van der Waals surface area contributed by atoms with Crippen LogP contribution in [0.25, 0.3) is 0 Å². The number of rotatable bonds is 5. The Bertz CT molecular complexity index is 538. The van der Waals surface area contributed by atoms with Crippen molar-refractivity contribution in [1.82, 2.24) is 24.8 Å². The molecule has 0 aromatic carbocycles. The van der Waals surface area contributed by atoms with E-state index in [-0.39, 0.29) is 0 Å². The fourth-order valence-electron chi connectivity index (χ4n) is 4.14. The zero-order valence-corrected chi connectivity index (χ0v) is 17.2. The maximum atomic E-state index is 4.80. The minimum atomic E-state index is 0.431.